The first-order valence-corrected chi connectivity index (χ1v) is 10.6. The van der Waals surface area contributed by atoms with Crippen molar-refractivity contribution in [1.82, 2.24) is 20.3 Å². The van der Waals surface area contributed by atoms with Gasteiger partial charge in [-0.25, -0.2) is 9.97 Å². The van der Waals surface area contributed by atoms with Crippen LogP contribution < -0.4 is 15.8 Å². The summed E-state index contributed by atoms with van der Waals surface area (Å²) in [5.41, 5.74) is 1.60. The Kier molecular flexibility index (Phi) is 6.37. The van der Waals surface area contributed by atoms with Gasteiger partial charge in [0.05, 0.1) is 10.9 Å². The first-order chi connectivity index (χ1) is 14.7. The molecule has 1 aromatic carbocycles. The number of anilines is 1. The molecule has 0 radical (unpaired) electrons. The summed E-state index contributed by atoms with van der Waals surface area (Å²) in [6.07, 6.45) is 7.02. The van der Waals surface area contributed by atoms with Crippen LogP contribution in [0.4, 0.5) is 5.82 Å². The van der Waals surface area contributed by atoms with Gasteiger partial charge in [0, 0.05) is 44.2 Å². The highest BCUT2D eigenvalue weighted by atomic mass is 16.1. The Labute approximate surface area is 175 Å². The van der Waals surface area contributed by atoms with Crippen LogP contribution in [-0.2, 0) is 17.8 Å². The van der Waals surface area contributed by atoms with E-state index in [0.29, 0.717) is 42.5 Å². The molecule has 0 spiro atoms. The number of fused-ring (bicyclic) bond motifs is 1. The molecule has 0 aliphatic carbocycles. The van der Waals surface area contributed by atoms with Gasteiger partial charge in [0.1, 0.15) is 11.6 Å². The number of pyridine rings is 1. The van der Waals surface area contributed by atoms with Gasteiger partial charge < -0.3 is 15.2 Å². The van der Waals surface area contributed by atoms with Gasteiger partial charge in [0.15, 0.2) is 0 Å². The predicted molar refractivity (Wildman–Crippen MR) is 117 cm³/mol. The minimum Gasteiger partial charge on any atom is -0.356 e. The molecule has 4 rings (SSSR count). The maximum atomic E-state index is 12.3. The van der Waals surface area contributed by atoms with E-state index in [1.54, 1.807) is 6.07 Å². The Bertz CT molecular complexity index is 1070. The van der Waals surface area contributed by atoms with Crippen molar-refractivity contribution in [1.29, 1.82) is 0 Å². The number of piperidine rings is 1. The van der Waals surface area contributed by atoms with Crippen molar-refractivity contribution in [3.8, 4) is 0 Å². The third-order valence-corrected chi connectivity index (χ3v) is 5.48. The average Bonchev–Trinajstić information content (AvgIpc) is 2.78. The van der Waals surface area contributed by atoms with Crippen LogP contribution in [0.2, 0.25) is 0 Å². The van der Waals surface area contributed by atoms with Crippen molar-refractivity contribution in [2.24, 2.45) is 0 Å². The SMILES string of the molecule is O=C(CCCc1nc2ccccc2c(=O)[nH]1)NCc1cccnc1N1CCCCC1. The van der Waals surface area contributed by atoms with Gasteiger partial charge in [-0.2, -0.15) is 0 Å². The monoisotopic (exact) mass is 405 g/mol. The third kappa shape index (κ3) is 4.84. The molecule has 7 heteroatoms. The summed E-state index contributed by atoms with van der Waals surface area (Å²) in [7, 11) is 0. The molecular weight excluding hydrogens is 378 g/mol. The number of carbonyl (C=O) groups excluding carboxylic acids is 1. The summed E-state index contributed by atoms with van der Waals surface area (Å²) in [6.45, 7) is 2.52. The Hall–Kier alpha value is -3.22. The summed E-state index contributed by atoms with van der Waals surface area (Å²) in [5.74, 6) is 1.59. The van der Waals surface area contributed by atoms with E-state index >= 15 is 0 Å². The molecule has 1 aliphatic rings. The summed E-state index contributed by atoms with van der Waals surface area (Å²) in [5, 5.41) is 3.59. The summed E-state index contributed by atoms with van der Waals surface area (Å²) >= 11 is 0. The number of hydrogen-bond donors (Lipinski definition) is 2. The molecule has 0 bridgehead atoms. The van der Waals surface area contributed by atoms with Crippen LogP contribution in [0.3, 0.4) is 0 Å². The van der Waals surface area contributed by atoms with E-state index in [0.717, 1.165) is 24.5 Å². The van der Waals surface area contributed by atoms with Gasteiger partial charge in [-0.05, 0) is 43.9 Å². The van der Waals surface area contributed by atoms with Crippen molar-refractivity contribution in [3.05, 3.63) is 64.3 Å². The second-order valence-electron chi connectivity index (χ2n) is 7.69. The van der Waals surface area contributed by atoms with Crippen molar-refractivity contribution >= 4 is 22.6 Å². The second-order valence-corrected chi connectivity index (χ2v) is 7.69. The van der Waals surface area contributed by atoms with Gasteiger partial charge in [-0.15, -0.1) is 0 Å². The maximum absolute atomic E-state index is 12.3. The molecule has 3 aromatic rings. The zero-order valence-corrected chi connectivity index (χ0v) is 17.1. The molecular formula is C23H27N5O2. The number of carbonyl (C=O) groups is 1. The molecule has 1 amide bonds. The zero-order valence-electron chi connectivity index (χ0n) is 17.1. The summed E-state index contributed by atoms with van der Waals surface area (Å²) in [6, 6.07) is 11.2. The van der Waals surface area contributed by atoms with Crippen LogP contribution >= 0.6 is 0 Å². The summed E-state index contributed by atoms with van der Waals surface area (Å²) < 4.78 is 0. The van der Waals surface area contributed by atoms with E-state index < -0.39 is 0 Å². The number of rotatable bonds is 7. The van der Waals surface area contributed by atoms with E-state index in [4.69, 9.17) is 0 Å². The highest BCUT2D eigenvalue weighted by Crippen LogP contribution is 2.21. The van der Waals surface area contributed by atoms with Crippen molar-refractivity contribution in [3.63, 3.8) is 0 Å². The van der Waals surface area contributed by atoms with E-state index in [2.05, 4.69) is 25.2 Å². The lowest BCUT2D eigenvalue weighted by atomic mass is 10.1. The molecule has 2 aromatic heterocycles. The number of para-hydroxylation sites is 1. The van der Waals surface area contributed by atoms with Crippen LogP contribution in [0.15, 0.2) is 47.4 Å². The largest absolute Gasteiger partial charge is 0.356 e. The van der Waals surface area contributed by atoms with Crippen LogP contribution in [0.25, 0.3) is 10.9 Å². The fourth-order valence-electron chi connectivity index (χ4n) is 3.91. The quantitative estimate of drug-likeness (QED) is 0.631. The number of benzene rings is 1. The lowest BCUT2D eigenvalue weighted by Gasteiger charge is -2.29. The highest BCUT2D eigenvalue weighted by Gasteiger charge is 2.15. The van der Waals surface area contributed by atoms with Gasteiger partial charge >= 0.3 is 0 Å². The summed E-state index contributed by atoms with van der Waals surface area (Å²) in [4.78, 5) is 38.6. The fourth-order valence-corrected chi connectivity index (χ4v) is 3.91. The maximum Gasteiger partial charge on any atom is 0.258 e. The van der Waals surface area contributed by atoms with E-state index in [1.165, 1.54) is 19.3 Å². The third-order valence-electron chi connectivity index (χ3n) is 5.48. The molecule has 0 saturated carbocycles. The molecule has 1 fully saturated rings. The molecule has 156 valence electrons. The van der Waals surface area contributed by atoms with Gasteiger partial charge in [-0.3, -0.25) is 9.59 Å². The van der Waals surface area contributed by atoms with Gasteiger partial charge in [-0.1, -0.05) is 18.2 Å². The molecule has 0 atom stereocenters. The number of amides is 1. The molecule has 1 saturated heterocycles. The van der Waals surface area contributed by atoms with E-state index in [9.17, 15) is 9.59 Å². The number of aromatic nitrogens is 3. The molecule has 7 nitrogen and oxygen atoms in total. The van der Waals surface area contributed by atoms with E-state index in [1.807, 2.05) is 36.5 Å². The van der Waals surface area contributed by atoms with Crippen LogP contribution in [0.5, 0.6) is 0 Å². The number of aromatic amines is 1. The Morgan fingerprint density at radius 1 is 1.10 bits per heavy atom. The van der Waals surface area contributed by atoms with E-state index in [-0.39, 0.29) is 11.5 Å². The van der Waals surface area contributed by atoms with Crippen molar-refractivity contribution in [2.75, 3.05) is 18.0 Å². The highest BCUT2D eigenvalue weighted by molar-refractivity contribution is 5.77. The number of nitrogens with zero attached hydrogens (tertiary/aromatic N) is 3. The smallest absolute Gasteiger partial charge is 0.258 e. The van der Waals surface area contributed by atoms with Crippen molar-refractivity contribution in [2.45, 2.75) is 45.1 Å². The first-order valence-electron chi connectivity index (χ1n) is 10.6. The molecule has 0 unspecified atom stereocenters. The number of nitrogens with one attached hydrogen (secondary N) is 2. The fraction of sp³-hybridized carbons (Fsp3) is 0.391. The average molecular weight is 406 g/mol. The van der Waals surface area contributed by atoms with Crippen LogP contribution in [-0.4, -0.2) is 33.9 Å². The molecule has 3 heterocycles. The lowest BCUT2D eigenvalue weighted by Crippen LogP contribution is -2.32. The minimum atomic E-state index is -0.137. The van der Waals surface area contributed by atoms with Crippen molar-refractivity contribution < 1.29 is 4.79 Å². The second kappa shape index (κ2) is 9.52. The number of hydrogen-bond acceptors (Lipinski definition) is 5. The lowest BCUT2D eigenvalue weighted by molar-refractivity contribution is -0.121. The normalized spacial score (nSPS) is 14.1. The minimum absolute atomic E-state index is 0.00779. The van der Waals surface area contributed by atoms with Crippen LogP contribution in [0, 0.1) is 0 Å². The van der Waals surface area contributed by atoms with Gasteiger partial charge in [0.25, 0.3) is 5.56 Å². The Morgan fingerprint density at radius 2 is 1.93 bits per heavy atom. The Balaban J connectivity index is 1.29. The first kappa shape index (κ1) is 20.1. The molecule has 30 heavy (non-hydrogen) atoms. The molecule has 1 aliphatic heterocycles. The topological polar surface area (TPSA) is 91.0 Å². The molecule has 2 N–H and O–H groups in total. The van der Waals surface area contributed by atoms with Crippen LogP contribution in [0.1, 0.15) is 43.5 Å². The predicted octanol–water partition coefficient (Wildman–Crippen LogP) is 2.95. The number of H-pyrrole nitrogens is 1. The Morgan fingerprint density at radius 3 is 2.80 bits per heavy atom. The standard InChI is InChI=1S/C23H27N5O2/c29-21(12-6-11-20-26-19-10-3-2-9-18(19)23(30)27-20)25-16-17-8-7-13-24-22(17)28-14-4-1-5-15-28/h2-3,7-10,13H,1,4-6,11-12,14-16H2,(H,25,29)(H,26,27,30). The van der Waals surface area contributed by atoms with Gasteiger partial charge in [0.2, 0.25) is 5.91 Å². The number of aryl methyl sites for hydroxylation is 1. The zero-order chi connectivity index (χ0) is 20.8.